The second-order valence-electron chi connectivity index (χ2n) is 6.57. The third kappa shape index (κ3) is 3.69. The van der Waals surface area contributed by atoms with Crippen molar-refractivity contribution < 1.29 is 22.7 Å². The zero-order valence-electron chi connectivity index (χ0n) is 15.0. The highest BCUT2D eigenvalue weighted by Crippen LogP contribution is 2.36. The van der Waals surface area contributed by atoms with Crippen molar-refractivity contribution in [2.45, 2.75) is 4.90 Å². The minimum Gasteiger partial charge on any atom is -0.475 e. The number of carboxylic acid groups (broad SMARTS) is 1. The Morgan fingerprint density at radius 1 is 1.03 bits per heavy atom. The standard InChI is InChI=1S/C19H16Cl2N2O5S/c20-12-2-1-3-13(10-12)29(26,27)23-8-6-22(7-9-23)15-4-5-16-14(18(15)21)11-17(28-16)19(24)25/h1-5,10-11H,6-9H2,(H,24,25). The molecule has 1 fully saturated rings. The Morgan fingerprint density at radius 3 is 2.41 bits per heavy atom. The van der Waals surface area contributed by atoms with Crippen molar-refractivity contribution in [3.05, 3.63) is 58.3 Å². The Hall–Kier alpha value is -2.26. The summed E-state index contributed by atoms with van der Waals surface area (Å²) in [5, 5.41) is 10.3. The van der Waals surface area contributed by atoms with Crippen LogP contribution >= 0.6 is 23.2 Å². The number of anilines is 1. The van der Waals surface area contributed by atoms with Crippen LogP contribution in [0.5, 0.6) is 0 Å². The van der Waals surface area contributed by atoms with Gasteiger partial charge in [0.2, 0.25) is 15.8 Å². The third-order valence-electron chi connectivity index (χ3n) is 4.84. The molecular formula is C19H16Cl2N2O5S. The molecule has 152 valence electrons. The molecule has 7 nitrogen and oxygen atoms in total. The van der Waals surface area contributed by atoms with Crippen LogP contribution in [-0.2, 0) is 10.0 Å². The van der Waals surface area contributed by atoms with Gasteiger partial charge in [0.25, 0.3) is 0 Å². The lowest BCUT2D eigenvalue weighted by molar-refractivity contribution is 0.0665. The number of sulfonamides is 1. The third-order valence-corrected chi connectivity index (χ3v) is 7.37. The SMILES string of the molecule is O=C(O)c1cc2c(Cl)c(N3CCN(S(=O)(=O)c4cccc(Cl)c4)CC3)ccc2o1. The van der Waals surface area contributed by atoms with Crippen LogP contribution in [0.25, 0.3) is 11.0 Å². The summed E-state index contributed by atoms with van der Waals surface area (Å²) in [5.74, 6) is -1.35. The Kier molecular flexibility index (Phi) is 5.20. The van der Waals surface area contributed by atoms with Gasteiger partial charge in [0.05, 0.1) is 15.6 Å². The molecule has 10 heteroatoms. The Balaban J connectivity index is 1.55. The molecule has 1 N–H and O–H groups in total. The Bertz CT molecular complexity index is 1200. The number of hydrogen-bond acceptors (Lipinski definition) is 5. The highest BCUT2D eigenvalue weighted by Gasteiger charge is 2.29. The van der Waals surface area contributed by atoms with E-state index >= 15 is 0 Å². The van der Waals surface area contributed by atoms with E-state index in [0.717, 1.165) is 0 Å². The molecule has 0 saturated carbocycles. The van der Waals surface area contributed by atoms with Gasteiger partial charge in [0.15, 0.2) is 0 Å². The zero-order valence-corrected chi connectivity index (χ0v) is 17.3. The molecule has 0 amide bonds. The maximum atomic E-state index is 12.8. The monoisotopic (exact) mass is 454 g/mol. The summed E-state index contributed by atoms with van der Waals surface area (Å²) in [7, 11) is -3.63. The van der Waals surface area contributed by atoms with E-state index in [9.17, 15) is 13.2 Å². The number of furan rings is 1. The van der Waals surface area contributed by atoms with E-state index in [-0.39, 0.29) is 23.7 Å². The zero-order chi connectivity index (χ0) is 20.8. The summed E-state index contributed by atoms with van der Waals surface area (Å²) in [6, 6.07) is 11.0. The Morgan fingerprint density at radius 2 is 1.76 bits per heavy atom. The smallest absolute Gasteiger partial charge is 0.371 e. The average molecular weight is 455 g/mol. The largest absolute Gasteiger partial charge is 0.475 e. The number of benzene rings is 2. The van der Waals surface area contributed by atoms with Crippen LogP contribution in [0.4, 0.5) is 5.69 Å². The van der Waals surface area contributed by atoms with E-state index < -0.39 is 16.0 Å². The molecule has 3 aromatic rings. The molecule has 2 heterocycles. The predicted molar refractivity (Wildman–Crippen MR) is 111 cm³/mol. The summed E-state index contributed by atoms with van der Waals surface area (Å²) in [5.41, 5.74) is 1.09. The van der Waals surface area contributed by atoms with Gasteiger partial charge in [-0.15, -0.1) is 0 Å². The molecule has 0 radical (unpaired) electrons. The molecule has 2 aromatic carbocycles. The van der Waals surface area contributed by atoms with Crippen LogP contribution in [-0.4, -0.2) is 50.0 Å². The van der Waals surface area contributed by atoms with Crippen molar-refractivity contribution >= 4 is 55.9 Å². The fourth-order valence-electron chi connectivity index (χ4n) is 3.36. The second-order valence-corrected chi connectivity index (χ2v) is 9.33. The normalized spacial score (nSPS) is 15.7. The lowest BCUT2D eigenvalue weighted by atomic mass is 10.2. The molecular weight excluding hydrogens is 439 g/mol. The number of nitrogens with zero attached hydrogens (tertiary/aromatic N) is 2. The molecule has 29 heavy (non-hydrogen) atoms. The molecule has 0 aliphatic carbocycles. The van der Waals surface area contributed by atoms with Gasteiger partial charge in [-0.25, -0.2) is 13.2 Å². The van der Waals surface area contributed by atoms with Gasteiger partial charge in [-0.2, -0.15) is 4.31 Å². The second kappa shape index (κ2) is 7.53. The van der Waals surface area contributed by atoms with Crippen molar-refractivity contribution in [2.24, 2.45) is 0 Å². The van der Waals surface area contributed by atoms with E-state index in [4.69, 9.17) is 32.7 Å². The number of aromatic carboxylic acids is 1. The van der Waals surface area contributed by atoms with Gasteiger partial charge in [-0.3, -0.25) is 0 Å². The van der Waals surface area contributed by atoms with E-state index in [2.05, 4.69) is 0 Å². The minimum absolute atomic E-state index is 0.164. The first kappa shape index (κ1) is 20.0. The molecule has 1 aliphatic rings. The van der Waals surface area contributed by atoms with Gasteiger partial charge in [0.1, 0.15) is 5.58 Å². The summed E-state index contributed by atoms with van der Waals surface area (Å²) in [6.45, 7) is 1.45. The predicted octanol–water partition coefficient (Wildman–Crippen LogP) is 3.95. The molecule has 0 atom stereocenters. The number of rotatable bonds is 4. The number of halogens is 2. The van der Waals surface area contributed by atoms with E-state index in [1.165, 1.54) is 22.5 Å². The first-order valence-corrected chi connectivity index (χ1v) is 10.9. The minimum atomic E-state index is -3.63. The van der Waals surface area contributed by atoms with Gasteiger partial charge in [-0.1, -0.05) is 29.3 Å². The molecule has 0 bridgehead atoms. The van der Waals surface area contributed by atoms with Gasteiger partial charge in [0, 0.05) is 42.7 Å². The highest BCUT2D eigenvalue weighted by molar-refractivity contribution is 7.89. The number of piperazine rings is 1. The first-order chi connectivity index (χ1) is 13.8. The van der Waals surface area contributed by atoms with Crippen molar-refractivity contribution in [3.63, 3.8) is 0 Å². The van der Waals surface area contributed by atoms with Crippen molar-refractivity contribution in [1.82, 2.24) is 4.31 Å². The summed E-state index contributed by atoms with van der Waals surface area (Å²) >= 11 is 12.4. The quantitative estimate of drug-likeness (QED) is 0.641. The number of hydrogen-bond donors (Lipinski definition) is 1. The topological polar surface area (TPSA) is 91.1 Å². The van der Waals surface area contributed by atoms with Crippen LogP contribution in [0.1, 0.15) is 10.6 Å². The Labute approximate surface area is 177 Å². The molecule has 0 unspecified atom stereocenters. The highest BCUT2D eigenvalue weighted by atomic mass is 35.5. The lowest BCUT2D eigenvalue weighted by Crippen LogP contribution is -2.48. The molecule has 1 aromatic heterocycles. The maximum absolute atomic E-state index is 12.8. The maximum Gasteiger partial charge on any atom is 0.371 e. The van der Waals surface area contributed by atoms with Crippen molar-refractivity contribution in [3.8, 4) is 0 Å². The van der Waals surface area contributed by atoms with Crippen LogP contribution in [0.3, 0.4) is 0 Å². The van der Waals surface area contributed by atoms with Crippen LogP contribution in [0.2, 0.25) is 10.0 Å². The number of carboxylic acids is 1. The van der Waals surface area contributed by atoms with Crippen molar-refractivity contribution in [2.75, 3.05) is 31.1 Å². The summed E-state index contributed by atoms with van der Waals surface area (Å²) < 4.78 is 32.4. The summed E-state index contributed by atoms with van der Waals surface area (Å²) in [4.78, 5) is 13.3. The van der Waals surface area contributed by atoms with Gasteiger partial charge in [-0.05, 0) is 30.3 Å². The van der Waals surface area contributed by atoms with Gasteiger partial charge < -0.3 is 14.4 Å². The average Bonchev–Trinajstić information content (AvgIpc) is 3.14. The van der Waals surface area contributed by atoms with Crippen LogP contribution in [0.15, 0.2) is 51.8 Å². The van der Waals surface area contributed by atoms with Crippen LogP contribution in [0, 0.1) is 0 Å². The molecule has 0 spiro atoms. The number of carbonyl (C=O) groups is 1. The molecule has 1 saturated heterocycles. The van der Waals surface area contributed by atoms with E-state index in [1.54, 1.807) is 24.3 Å². The summed E-state index contributed by atoms with van der Waals surface area (Å²) in [6.07, 6.45) is 0. The van der Waals surface area contributed by atoms with E-state index in [1.807, 2.05) is 4.90 Å². The number of fused-ring (bicyclic) bond motifs is 1. The van der Waals surface area contributed by atoms with Gasteiger partial charge >= 0.3 is 5.97 Å². The molecule has 4 rings (SSSR count). The van der Waals surface area contributed by atoms with Crippen molar-refractivity contribution in [1.29, 1.82) is 0 Å². The fourth-order valence-corrected chi connectivity index (χ4v) is 5.42. The van der Waals surface area contributed by atoms with Crippen LogP contribution < -0.4 is 4.90 Å². The van der Waals surface area contributed by atoms with E-state index in [0.29, 0.717) is 39.8 Å². The lowest BCUT2D eigenvalue weighted by Gasteiger charge is -2.35. The molecule has 1 aliphatic heterocycles. The fraction of sp³-hybridized carbons (Fsp3) is 0.211. The first-order valence-electron chi connectivity index (χ1n) is 8.73.